The summed E-state index contributed by atoms with van der Waals surface area (Å²) in [5.41, 5.74) is 1.97. The average Bonchev–Trinajstić information content (AvgIpc) is 2.76. The van der Waals surface area contributed by atoms with E-state index in [0.29, 0.717) is 26.0 Å². The molecular formula is C24H34N2O5. The van der Waals surface area contributed by atoms with Crippen LogP contribution in [0.25, 0.3) is 0 Å². The molecule has 0 radical (unpaired) electrons. The van der Waals surface area contributed by atoms with E-state index in [-0.39, 0.29) is 30.4 Å². The molecular weight excluding hydrogens is 396 g/mol. The topological polar surface area (TPSA) is 84.9 Å². The highest BCUT2D eigenvalue weighted by molar-refractivity contribution is 5.94. The van der Waals surface area contributed by atoms with Crippen molar-refractivity contribution in [1.82, 2.24) is 4.90 Å². The Balaban J connectivity index is 1.40. The lowest BCUT2D eigenvalue weighted by molar-refractivity contribution is -0.144. The van der Waals surface area contributed by atoms with E-state index in [2.05, 4.69) is 5.32 Å². The fourth-order valence-corrected chi connectivity index (χ4v) is 4.35. The van der Waals surface area contributed by atoms with Crippen molar-refractivity contribution >= 4 is 23.5 Å². The van der Waals surface area contributed by atoms with Crippen LogP contribution in [0.5, 0.6) is 5.75 Å². The predicted octanol–water partition coefficient (Wildman–Crippen LogP) is 3.84. The molecule has 0 saturated heterocycles. The number of fused-ring (bicyclic) bond motifs is 1. The van der Waals surface area contributed by atoms with Gasteiger partial charge in [-0.05, 0) is 55.9 Å². The Bertz CT molecular complexity index is 773. The molecule has 1 aliphatic heterocycles. The minimum atomic E-state index is -0.308. The van der Waals surface area contributed by atoms with Crippen molar-refractivity contribution in [1.29, 1.82) is 0 Å². The summed E-state index contributed by atoms with van der Waals surface area (Å²) in [7, 11) is 0. The van der Waals surface area contributed by atoms with Crippen molar-refractivity contribution in [2.45, 2.75) is 77.2 Å². The van der Waals surface area contributed by atoms with Crippen LogP contribution >= 0.6 is 0 Å². The van der Waals surface area contributed by atoms with Gasteiger partial charge in [-0.25, -0.2) is 0 Å². The summed E-state index contributed by atoms with van der Waals surface area (Å²) >= 11 is 0. The van der Waals surface area contributed by atoms with Crippen LogP contribution in [0.15, 0.2) is 18.2 Å². The third kappa shape index (κ3) is 7.26. The van der Waals surface area contributed by atoms with E-state index in [9.17, 15) is 14.4 Å². The highest BCUT2D eigenvalue weighted by Crippen LogP contribution is 2.27. The molecule has 1 fully saturated rings. The van der Waals surface area contributed by atoms with Crippen molar-refractivity contribution in [2.75, 3.05) is 25.1 Å². The van der Waals surface area contributed by atoms with Crippen molar-refractivity contribution in [2.24, 2.45) is 0 Å². The first-order valence-corrected chi connectivity index (χ1v) is 11.5. The molecule has 1 N–H and O–H groups in total. The number of unbranched alkanes of at least 4 members (excludes halogenated alkanes) is 1. The van der Waals surface area contributed by atoms with Gasteiger partial charge < -0.3 is 19.7 Å². The molecule has 2 aliphatic rings. The van der Waals surface area contributed by atoms with Gasteiger partial charge in [-0.15, -0.1) is 0 Å². The number of hydrogen-bond donors (Lipinski definition) is 1. The van der Waals surface area contributed by atoms with Gasteiger partial charge in [0.1, 0.15) is 12.4 Å². The lowest BCUT2D eigenvalue weighted by Crippen LogP contribution is -2.43. The standard InChI is InChI=1S/C24H34N2O5/c1-18(27)30-16-14-26(20-7-3-2-4-8-20)24(29)9-5-6-15-31-21-11-12-22-19(17-21)10-13-23(28)25-22/h11-12,17,20H,2-10,13-16H2,1H3,(H,25,28). The van der Waals surface area contributed by atoms with Gasteiger partial charge in [-0.1, -0.05) is 19.3 Å². The average molecular weight is 431 g/mol. The van der Waals surface area contributed by atoms with Gasteiger partial charge in [0.25, 0.3) is 0 Å². The van der Waals surface area contributed by atoms with Crippen LogP contribution in [0.4, 0.5) is 5.69 Å². The molecule has 0 spiro atoms. The maximum absolute atomic E-state index is 12.8. The maximum atomic E-state index is 12.8. The summed E-state index contributed by atoms with van der Waals surface area (Å²) in [5.74, 6) is 0.689. The molecule has 1 saturated carbocycles. The van der Waals surface area contributed by atoms with E-state index in [1.807, 2.05) is 23.1 Å². The Morgan fingerprint density at radius 1 is 1.10 bits per heavy atom. The van der Waals surface area contributed by atoms with E-state index < -0.39 is 0 Å². The number of anilines is 1. The summed E-state index contributed by atoms with van der Waals surface area (Å²) in [6.07, 6.45) is 8.89. The molecule has 2 amide bonds. The molecule has 7 heteroatoms. The fourth-order valence-electron chi connectivity index (χ4n) is 4.35. The molecule has 0 atom stereocenters. The number of nitrogens with zero attached hydrogens (tertiary/aromatic N) is 1. The van der Waals surface area contributed by atoms with E-state index in [4.69, 9.17) is 9.47 Å². The molecule has 31 heavy (non-hydrogen) atoms. The van der Waals surface area contributed by atoms with Crippen LogP contribution in [0, 0.1) is 0 Å². The number of hydrogen-bond acceptors (Lipinski definition) is 5. The van der Waals surface area contributed by atoms with Crippen molar-refractivity contribution in [3.05, 3.63) is 23.8 Å². The van der Waals surface area contributed by atoms with Crippen molar-refractivity contribution in [3.8, 4) is 5.75 Å². The molecule has 1 aliphatic carbocycles. The fraction of sp³-hybridized carbons (Fsp3) is 0.625. The number of carbonyl (C=O) groups excluding carboxylic acids is 3. The summed E-state index contributed by atoms with van der Waals surface area (Å²) in [5, 5.41) is 2.87. The van der Waals surface area contributed by atoms with E-state index in [1.165, 1.54) is 13.3 Å². The van der Waals surface area contributed by atoms with Gasteiger partial charge in [0.15, 0.2) is 0 Å². The lowest BCUT2D eigenvalue weighted by atomic mass is 9.94. The minimum Gasteiger partial charge on any atom is -0.494 e. The Kier molecular flexibility index (Phi) is 8.74. The number of benzene rings is 1. The molecule has 1 aromatic rings. The molecule has 7 nitrogen and oxygen atoms in total. The molecule has 1 aromatic carbocycles. The zero-order valence-corrected chi connectivity index (χ0v) is 18.5. The zero-order valence-electron chi connectivity index (χ0n) is 18.5. The first kappa shape index (κ1) is 23.1. The quantitative estimate of drug-likeness (QED) is 0.450. The summed E-state index contributed by atoms with van der Waals surface area (Å²) in [6.45, 7) is 2.69. The molecule has 3 rings (SSSR count). The smallest absolute Gasteiger partial charge is 0.302 e. The van der Waals surface area contributed by atoms with Crippen LogP contribution in [-0.4, -0.2) is 48.5 Å². The molecule has 170 valence electrons. The largest absolute Gasteiger partial charge is 0.494 e. The van der Waals surface area contributed by atoms with Crippen LogP contribution < -0.4 is 10.1 Å². The van der Waals surface area contributed by atoms with Crippen LogP contribution in [0.3, 0.4) is 0 Å². The van der Waals surface area contributed by atoms with Gasteiger partial charge >= 0.3 is 5.97 Å². The Hall–Kier alpha value is -2.57. The summed E-state index contributed by atoms with van der Waals surface area (Å²) in [4.78, 5) is 37.3. The third-order valence-corrected chi connectivity index (χ3v) is 6.00. The van der Waals surface area contributed by atoms with Gasteiger partial charge in [-0.2, -0.15) is 0 Å². The van der Waals surface area contributed by atoms with Crippen LogP contribution in [0.1, 0.15) is 70.3 Å². The number of ether oxygens (including phenoxy) is 2. The second-order valence-electron chi connectivity index (χ2n) is 8.39. The second kappa shape index (κ2) is 11.7. The lowest BCUT2D eigenvalue weighted by Gasteiger charge is -2.34. The molecule has 0 bridgehead atoms. The normalized spacial score (nSPS) is 16.2. The van der Waals surface area contributed by atoms with Gasteiger partial charge in [-0.3, -0.25) is 14.4 Å². The highest BCUT2D eigenvalue weighted by atomic mass is 16.5. The van der Waals surface area contributed by atoms with E-state index in [0.717, 1.165) is 61.9 Å². The maximum Gasteiger partial charge on any atom is 0.302 e. The second-order valence-corrected chi connectivity index (χ2v) is 8.39. The number of esters is 1. The van der Waals surface area contributed by atoms with Crippen LogP contribution in [-0.2, 0) is 25.5 Å². The van der Waals surface area contributed by atoms with Gasteiger partial charge in [0, 0.05) is 31.5 Å². The van der Waals surface area contributed by atoms with Crippen molar-refractivity contribution in [3.63, 3.8) is 0 Å². The highest BCUT2D eigenvalue weighted by Gasteiger charge is 2.25. The van der Waals surface area contributed by atoms with E-state index in [1.54, 1.807) is 0 Å². The zero-order chi connectivity index (χ0) is 22.1. The van der Waals surface area contributed by atoms with Gasteiger partial charge in [0.2, 0.25) is 11.8 Å². The predicted molar refractivity (Wildman–Crippen MR) is 118 cm³/mol. The van der Waals surface area contributed by atoms with Gasteiger partial charge in [0.05, 0.1) is 13.2 Å². The Morgan fingerprint density at radius 2 is 1.90 bits per heavy atom. The first-order valence-electron chi connectivity index (χ1n) is 11.5. The number of carbonyl (C=O) groups is 3. The van der Waals surface area contributed by atoms with Crippen LogP contribution in [0.2, 0.25) is 0 Å². The molecule has 1 heterocycles. The number of aryl methyl sites for hydroxylation is 1. The first-order chi connectivity index (χ1) is 15.0. The molecule has 0 unspecified atom stereocenters. The Morgan fingerprint density at radius 3 is 2.68 bits per heavy atom. The molecule has 0 aromatic heterocycles. The number of nitrogens with one attached hydrogen (secondary N) is 1. The Labute approximate surface area is 184 Å². The third-order valence-electron chi connectivity index (χ3n) is 6.00. The monoisotopic (exact) mass is 430 g/mol. The summed E-state index contributed by atoms with van der Waals surface area (Å²) in [6, 6.07) is 6.01. The summed E-state index contributed by atoms with van der Waals surface area (Å²) < 4.78 is 10.9. The minimum absolute atomic E-state index is 0.0564. The SMILES string of the molecule is CC(=O)OCCN(C(=O)CCCCOc1ccc2c(c1)CCC(=O)N2)C1CCCCC1. The number of amides is 2. The van der Waals surface area contributed by atoms with Crippen molar-refractivity contribution < 1.29 is 23.9 Å². The van der Waals surface area contributed by atoms with E-state index >= 15 is 0 Å². The number of rotatable bonds is 10.